The molecular weight excluding hydrogens is 338 g/mol. The molecule has 3 aromatic heterocycles. The van der Waals surface area contributed by atoms with Crippen LogP contribution in [0.4, 0.5) is 11.6 Å². The lowest BCUT2D eigenvalue weighted by Gasteiger charge is -2.29. The number of aryl methyl sites for hydroxylation is 3. The number of anilines is 2. The van der Waals surface area contributed by atoms with Crippen molar-refractivity contribution in [3.05, 3.63) is 46.0 Å². The molecule has 0 aliphatic carbocycles. The van der Waals surface area contributed by atoms with Crippen molar-refractivity contribution in [3.63, 3.8) is 0 Å². The topological polar surface area (TPSA) is 56.0 Å². The molecule has 0 aromatic carbocycles. The van der Waals surface area contributed by atoms with E-state index in [1.54, 1.807) is 11.6 Å². The summed E-state index contributed by atoms with van der Waals surface area (Å²) in [7, 11) is 1.80. The van der Waals surface area contributed by atoms with Gasteiger partial charge in [0.15, 0.2) is 5.65 Å². The van der Waals surface area contributed by atoms with E-state index in [1.165, 1.54) is 5.56 Å². The van der Waals surface area contributed by atoms with Gasteiger partial charge in [0.2, 0.25) is 0 Å². The van der Waals surface area contributed by atoms with E-state index in [9.17, 15) is 4.79 Å². The zero-order valence-corrected chi connectivity index (χ0v) is 16.8. The summed E-state index contributed by atoms with van der Waals surface area (Å²) in [6, 6.07) is 8.27. The SMILES string of the molecule is Cc1ccc2c(n1)N(c1ccc3c(n1)n(C)c(=O)n3CC(C)(C)C)CCC2. The van der Waals surface area contributed by atoms with Gasteiger partial charge in [0.25, 0.3) is 0 Å². The molecule has 0 amide bonds. The van der Waals surface area contributed by atoms with Gasteiger partial charge in [-0.25, -0.2) is 14.8 Å². The second-order valence-electron chi connectivity index (χ2n) is 8.69. The van der Waals surface area contributed by atoms with Crippen LogP contribution < -0.4 is 10.6 Å². The number of fused-ring (bicyclic) bond motifs is 2. The maximum Gasteiger partial charge on any atom is 0.330 e. The minimum atomic E-state index is -0.0161. The Morgan fingerprint density at radius 1 is 1.11 bits per heavy atom. The zero-order chi connectivity index (χ0) is 19.3. The molecule has 0 saturated heterocycles. The molecule has 6 nitrogen and oxygen atoms in total. The van der Waals surface area contributed by atoms with E-state index in [-0.39, 0.29) is 11.1 Å². The van der Waals surface area contributed by atoms with Crippen molar-refractivity contribution in [1.82, 2.24) is 19.1 Å². The molecule has 27 heavy (non-hydrogen) atoms. The van der Waals surface area contributed by atoms with Crippen molar-refractivity contribution < 1.29 is 0 Å². The smallest absolute Gasteiger partial charge is 0.311 e. The molecule has 0 unspecified atom stereocenters. The molecule has 6 heteroatoms. The molecule has 1 aliphatic heterocycles. The fraction of sp³-hybridized carbons (Fsp3) is 0.476. The molecule has 142 valence electrons. The highest BCUT2D eigenvalue weighted by molar-refractivity contribution is 5.76. The first kappa shape index (κ1) is 17.8. The zero-order valence-electron chi connectivity index (χ0n) is 16.8. The third-order valence-corrected chi connectivity index (χ3v) is 5.05. The number of nitrogens with zero attached hydrogens (tertiary/aromatic N) is 5. The Morgan fingerprint density at radius 3 is 2.63 bits per heavy atom. The van der Waals surface area contributed by atoms with Crippen LogP contribution in [0.25, 0.3) is 11.2 Å². The largest absolute Gasteiger partial charge is 0.330 e. The molecule has 1 aliphatic rings. The monoisotopic (exact) mass is 365 g/mol. The molecule has 0 fully saturated rings. The normalized spacial score (nSPS) is 14.6. The van der Waals surface area contributed by atoms with Gasteiger partial charge in [-0.05, 0) is 48.9 Å². The van der Waals surface area contributed by atoms with Crippen LogP contribution in [0.3, 0.4) is 0 Å². The standard InChI is InChI=1S/C21H27N5O/c1-14-8-9-15-7-6-12-25(18(15)22-14)17-11-10-16-19(23-17)24(5)20(27)26(16)13-21(2,3)4/h8-11H,6-7,12-13H2,1-5H3. The first-order valence-corrected chi connectivity index (χ1v) is 9.55. The van der Waals surface area contributed by atoms with Gasteiger partial charge in [0, 0.05) is 25.8 Å². The minimum absolute atomic E-state index is 0.0161. The quantitative estimate of drug-likeness (QED) is 0.697. The summed E-state index contributed by atoms with van der Waals surface area (Å²) in [5.74, 6) is 1.84. The minimum Gasteiger partial charge on any atom is -0.311 e. The van der Waals surface area contributed by atoms with Gasteiger partial charge in [-0.2, -0.15) is 0 Å². The molecule has 3 aromatic rings. The van der Waals surface area contributed by atoms with Crippen molar-refractivity contribution in [3.8, 4) is 0 Å². The lowest BCUT2D eigenvalue weighted by molar-refractivity contribution is 0.342. The second-order valence-corrected chi connectivity index (χ2v) is 8.69. The third-order valence-electron chi connectivity index (χ3n) is 5.05. The van der Waals surface area contributed by atoms with E-state index >= 15 is 0 Å². The third kappa shape index (κ3) is 3.13. The van der Waals surface area contributed by atoms with Crippen LogP contribution in [0.5, 0.6) is 0 Å². The number of imidazole rings is 1. The predicted octanol–water partition coefficient (Wildman–Crippen LogP) is 3.57. The highest BCUT2D eigenvalue weighted by Crippen LogP contribution is 2.32. The highest BCUT2D eigenvalue weighted by atomic mass is 16.1. The first-order chi connectivity index (χ1) is 12.7. The second kappa shape index (κ2) is 6.22. The van der Waals surface area contributed by atoms with Crippen LogP contribution >= 0.6 is 0 Å². The number of rotatable bonds is 2. The molecule has 0 atom stereocenters. The van der Waals surface area contributed by atoms with E-state index in [0.717, 1.165) is 47.9 Å². The van der Waals surface area contributed by atoms with Crippen LogP contribution in [0, 0.1) is 12.3 Å². The van der Waals surface area contributed by atoms with Crippen molar-refractivity contribution in [2.75, 3.05) is 11.4 Å². The lowest BCUT2D eigenvalue weighted by atomic mass is 9.97. The van der Waals surface area contributed by atoms with Gasteiger partial charge >= 0.3 is 5.69 Å². The van der Waals surface area contributed by atoms with Crippen LogP contribution in [0.1, 0.15) is 38.4 Å². The molecule has 4 heterocycles. The Kier molecular flexibility index (Phi) is 4.09. The average molecular weight is 365 g/mol. The molecule has 4 rings (SSSR count). The number of aromatic nitrogens is 4. The summed E-state index contributed by atoms with van der Waals surface area (Å²) < 4.78 is 3.48. The summed E-state index contributed by atoms with van der Waals surface area (Å²) in [6.07, 6.45) is 2.11. The van der Waals surface area contributed by atoms with E-state index < -0.39 is 0 Å². The van der Waals surface area contributed by atoms with Crippen molar-refractivity contribution >= 4 is 22.8 Å². The molecular formula is C21H27N5O. The summed E-state index contributed by atoms with van der Waals surface area (Å²) in [4.78, 5) is 24.6. The van der Waals surface area contributed by atoms with Gasteiger partial charge in [-0.3, -0.25) is 9.13 Å². The number of hydrogen-bond acceptors (Lipinski definition) is 4. The summed E-state index contributed by atoms with van der Waals surface area (Å²) in [5, 5.41) is 0. The van der Waals surface area contributed by atoms with Gasteiger partial charge in [-0.15, -0.1) is 0 Å². The number of hydrogen-bond donors (Lipinski definition) is 0. The molecule has 0 radical (unpaired) electrons. The summed E-state index contributed by atoms with van der Waals surface area (Å²) >= 11 is 0. The van der Waals surface area contributed by atoms with Gasteiger partial charge in [0.1, 0.15) is 11.6 Å². The molecule has 0 N–H and O–H groups in total. The predicted molar refractivity (Wildman–Crippen MR) is 109 cm³/mol. The van der Waals surface area contributed by atoms with Crippen LogP contribution in [-0.2, 0) is 20.0 Å². The molecule has 0 saturated carbocycles. The Labute approximate surface area is 159 Å². The fourth-order valence-electron chi connectivity index (χ4n) is 3.80. The Hall–Kier alpha value is -2.63. The Bertz CT molecular complexity index is 1070. The number of pyridine rings is 2. The summed E-state index contributed by atoms with van der Waals surface area (Å²) in [6.45, 7) is 9.98. The maximum atomic E-state index is 12.8. The lowest BCUT2D eigenvalue weighted by Crippen LogP contribution is -2.27. The van der Waals surface area contributed by atoms with E-state index in [0.29, 0.717) is 6.54 Å². The first-order valence-electron chi connectivity index (χ1n) is 9.55. The van der Waals surface area contributed by atoms with Crippen molar-refractivity contribution in [1.29, 1.82) is 0 Å². The van der Waals surface area contributed by atoms with Crippen LogP contribution in [-0.4, -0.2) is 25.6 Å². The maximum absolute atomic E-state index is 12.8. The van der Waals surface area contributed by atoms with E-state index in [1.807, 2.05) is 23.6 Å². The Balaban J connectivity index is 1.83. The van der Waals surface area contributed by atoms with Gasteiger partial charge in [0.05, 0.1) is 5.52 Å². The average Bonchev–Trinajstić information content (AvgIpc) is 2.84. The molecule has 0 bridgehead atoms. The fourth-order valence-corrected chi connectivity index (χ4v) is 3.80. The van der Waals surface area contributed by atoms with Crippen molar-refractivity contribution in [2.45, 2.75) is 47.1 Å². The van der Waals surface area contributed by atoms with Gasteiger partial charge in [-0.1, -0.05) is 26.8 Å². The van der Waals surface area contributed by atoms with Crippen molar-refractivity contribution in [2.24, 2.45) is 12.5 Å². The van der Waals surface area contributed by atoms with Gasteiger partial charge < -0.3 is 4.90 Å². The van der Waals surface area contributed by atoms with E-state index in [2.05, 4.69) is 37.8 Å². The van der Waals surface area contributed by atoms with Crippen LogP contribution in [0.15, 0.2) is 29.1 Å². The molecule has 0 spiro atoms. The summed E-state index contributed by atoms with van der Waals surface area (Å²) in [5.41, 5.74) is 3.87. The van der Waals surface area contributed by atoms with Crippen LogP contribution in [0.2, 0.25) is 0 Å². The van der Waals surface area contributed by atoms with E-state index in [4.69, 9.17) is 9.97 Å². The highest BCUT2D eigenvalue weighted by Gasteiger charge is 2.23. The Morgan fingerprint density at radius 2 is 1.89 bits per heavy atom.